The first kappa shape index (κ1) is 13.8. The summed E-state index contributed by atoms with van der Waals surface area (Å²) in [5.74, 6) is 0. The largest absolute Gasteiger partial charge is 0.394 e. The van der Waals surface area contributed by atoms with Crippen LogP contribution in [0.1, 0.15) is 6.92 Å². The van der Waals surface area contributed by atoms with Gasteiger partial charge >= 0.3 is 0 Å². The Labute approximate surface area is 93.4 Å². The molecule has 0 aliphatic carbocycles. The minimum atomic E-state index is -1.41. The molecular formula is C9H19NO6. The van der Waals surface area contributed by atoms with Crippen LogP contribution in [0.4, 0.5) is 0 Å². The lowest BCUT2D eigenvalue weighted by atomic mass is 9.99. The van der Waals surface area contributed by atoms with Crippen LogP contribution in [0, 0.1) is 0 Å². The molecule has 1 aliphatic rings. The van der Waals surface area contributed by atoms with Crippen molar-refractivity contribution in [1.29, 1.82) is 0 Å². The Morgan fingerprint density at radius 1 is 1.25 bits per heavy atom. The molecule has 7 nitrogen and oxygen atoms in total. The van der Waals surface area contributed by atoms with Crippen LogP contribution in [-0.4, -0.2) is 70.4 Å². The molecule has 16 heavy (non-hydrogen) atoms. The van der Waals surface area contributed by atoms with Crippen LogP contribution in [0.5, 0.6) is 0 Å². The maximum atomic E-state index is 9.55. The molecular weight excluding hydrogens is 218 g/mol. The number of nitrogens with two attached hydrogens (primary N) is 1. The van der Waals surface area contributed by atoms with Crippen LogP contribution in [0.15, 0.2) is 0 Å². The van der Waals surface area contributed by atoms with Gasteiger partial charge in [0, 0.05) is 6.04 Å². The molecule has 0 bridgehead atoms. The molecule has 0 saturated carbocycles. The third-order valence-corrected chi connectivity index (χ3v) is 2.37. The third kappa shape index (κ3) is 3.11. The van der Waals surface area contributed by atoms with E-state index in [0.29, 0.717) is 0 Å². The van der Waals surface area contributed by atoms with Crippen molar-refractivity contribution in [3.8, 4) is 0 Å². The minimum Gasteiger partial charge on any atom is -0.394 e. The van der Waals surface area contributed by atoms with E-state index in [9.17, 15) is 15.3 Å². The van der Waals surface area contributed by atoms with Gasteiger partial charge in [0.05, 0.1) is 13.2 Å². The van der Waals surface area contributed by atoms with Crippen LogP contribution in [0.25, 0.3) is 0 Å². The maximum Gasteiger partial charge on any atom is 0.186 e. The highest BCUT2D eigenvalue weighted by molar-refractivity contribution is 4.88. The Morgan fingerprint density at radius 2 is 1.88 bits per heavy atom. The van der Waals surface area contributed by atoms with Gasteiger partial charge in [0.2, 0.25) is 0 Å². The molecule has 0 radical (unpaired) electrons. The number of aliphatic hydroxyl groups is 4. The van der Waals surface area contributed by atoms with Crippen LogP contribution >= 0.6 is 0 Å². The van der Waals surface area contributed by atoms with Gasteiger partial charge in [0.15, 0.2) is 6.29 Å². The fourth-order valence-corrected chi connectivity index (χ4v) is 1.45. The van der Waals surface area contributed by atoms with Gasteiger partial charge in [0.1, 0.15) is 24.4 Å². The van der Waals surface area contributed by atoms with Crippen molar-refractivity contribution >= 4 is 0 Å². The second-order valence-electron chi connectivity index (χ2n) is 4.01. The molecule has 1 heterocycles. The van der Waals surface area contributed by atoms with Crippen LogP contribution in [-0.2, 0) is 9.47 Å². The molecule has 0 spiro atoms. The van der Waals surface area contributed by atoms with Gasteiger partial charge in [-0.25, -0.2) is 0 Å². The summed E-state index contributed by atoms with van der Waals surface area (Å²) in [6.07, 6.45) is -6.19. The van der Waals surface area contributed by atoms with Crippen molar-refractivity contribution < 1.29 is 29.9 Å². The molecule has 0 aromatic rings. The zero-order valence-corrected chi connectivity index (χ0v) is 9.06. The SMILES string of the molecule is CC(N)CO[C@@H]1O[C@H](CO)[C@@H](O)[C@H](O)[C@H]1O. The number of rotatable bonds is 4. The predicted octanol–water partition coefficient (Wildman–Crippen LogP) is -2.85. The van der Waals surface area contributed by atoms with Crippen molar-refractivity contribution in [2.75, 3.05) is 13.2 Å². The molecule has 1 fully saturated rings. The summed E-state index contributed by atoms with van der Waals surface area (Å²) in [4.78, 5) is 0. The fourth-order valence-electron chi connectivity index (χ4n) is 1.45. The van der Waals surface area contributed by atoms with Gasteiger partial charge in [0.25, 0.3) is 0 Å². The zero-order chi connectivity index (χ0) is 12.3. The van der Waals surface area contributed by atoms with Gasteiger partial charge in [-0.15, -0.1) is 0 Å². The van der Waals surface area contributed by atoms with Crippen molar-refractivity contribution in [1.82, 2.24) is 0 Å². The highest BCUT2D eigenvalue weighted by Crippen LogP contribution is 2.21. The van der Waals surface area contributed by atoms with E-state index in [1.807, 2.05) is 0 Å². The highest BCUT2D eigenvalue weighted by Gasteiger charge is 2.43. The molecule has 6 atom stereocenters. The van der Waals surface area contributed by atoms with E-state index in [1.54, 1.807) is 6.92 Å². The molecule has 0 aromatic carbocycles. The Bertz CT molecular complexity index is 212. The van der Waals surface area contributed by atoms with E-state index < -0.39 is 37.3 Å². The summed E-state index contributed by atoms with van der Waals surface area (Å²) in [6.45, 7) is 1.38. The average molecular weight is 237 g/mol. The Kier molecular flexibility index (Phi) is 5.06. The molecule has 1 unspecified atom stereocenters. The average Bonchev–Trinajstić information content (AvgIpc) is 2.25. The minimum absolute atomic E-state index is 0.142. The van der Waals surface area contributed by atoms with E-state index in [4.69, 9.17) is 20.3 Å². The van der Waals surface area contributed by atoms with Crippen molar-refractivity contribution in [3.05, 3.63) is 0 Å². The van der Waals surface area contributed by atoms with E-state index in [2.05, 4.69) is 0 Å². The lowest BCUT2D eigenvalue weighted by Gasteiger charge is -2.39. The second-order valence-corrected chi connectivity index (χ2v) is 4.01. The van der Waals surface area contributed by atoms with Crippen molar-refractivity contribution in [2.24, 2.45) is 5.73 Å². The summed E-state index contributed by atoms with van der Waals surface area (Å²) in [6, 6.07) is -0.243. The normalized spacial score (nSPS) is 42.0. The Hall–Kier alpha value is -0.280. The van der Waals surface area contributed by atoms with Crippen LogP contribution in [0.3, 0.4) is 0 Å². The molecule has 0 aromatic heterocycles. The lowest BCUT2D eigenvalue weighted by Crippen LogP contribution is -2.59. The van der Waals surface area contributed by atoms with Gasteiger partial charge in [-0.05, 0) is 6.92 Å². The number of hydrogen-bond acceptors (Lipinski definition) is 7. The maximum absolute atomic E-state index is 9.55. The van der Waals surface area contributed by atoms with Crippen LogP contribution in [0.2, 0.25) is 0 Å². The van der Waals surface area contributed by atoms with Crippen molar-refractivity contribution in [3.63, 3.8) is 0 Å². The fraction of sp³-hybridized carbons (Fsp3) is 1.00. The first-order chi connectivity index (χ1) is 7.47. The Morgan fingerprint density at radius 3 is 2.38 bits per heavy atom. The summed E-state index contributed by atoms with van der Waals surface area (Å²) >= 11 is 0. The van der Waals surface area contributed by atoms with E-state index in [1.165, 1.54) is 0 Å². The first-order valence-corrected chi connectivity index (χ1v) is 5.15. The zero-order valence-electron chi connectivity index (χ0n) is 9.06. The summed E-state index contributed by atoms with van der Waals surface area (Å²) in [7, 11) is 0. The smallest absolute Gasteiger partial charge is 0.186 e. The van der Waals surface area contributed by atoms with Gasteiger partial charge in [-0.1, -0.05) is 0 Å². The number of aliphatic hydroxyl groups excluding tert-OH is 4. The second kappa shape index (κ2) is 5.87. The molecule has 6 N–H and O–H groups in total. The van der Waals surface area contributed by atoms with E-state index >= 15 is 0 Å². The topological polar surface area (TPSA) is 125 Å². The van der Waals surface area contributed by atoms with Gasteiger partial charge in [-0.3, -0.25) is 0 Å². The molecule has 96 valence electrons. The lowest BCUT2D eigenvalue weighted by molar-refractivity contribution is -0.301. The highest BCUT2D eigenvalue weighted by atomic mass is 16.7. The van der Waals surface area contributed by atoms with Crippen molar-refractivity contribution in [2.45, 2.75) is 43.7 Å². The quantitative estimate of drug-likeness (QED) is 0.356. The molecule has 7 heteroatoms. The first-order valence-electron chi connectivity index (χ1n) is 5.15. The Balaban J connectivity index is 2.56. The van der Waals surface area contributed by atoms with Crippen LogP contribution < -0.4 is 5.73 Å². The molecule has 0 amide bonds. The number of ether oxygens (including phenoxy) is 2. The monoisotopic (exact) mass is 237 g/mol. The van der Waals surface area contributed by atoms with Gasteiger partial charge < -0.3 is 35.6 Å². The van der Waals surface area contributed by atoms with Gasteiger partial charge in [-0.2, -0.15) is 0 Å². The molecule has 1 rings (SSSR count). The summed E-state index contributed by atoms with van der Waals surface area (Å²) in [5, 5.41) is 37.4. The van der Waals surface area contributed by atoms with E-state index in [-0.39, 0.29) is 12.6 Å². The molecule has 1 saturated heterocycles. The standard InChI is InChI=1S/C9H19NO6/c1-4(10)3-15-9-8(14)7(13)6(12)5(2-11)16-9/h4-9,11-14H,2-3,10H2,1H3/t4?,5-,6-,7+,8-,9-/m1/s1. The van der Waals surface area contributed by atoms with E-state index in [0.717, 1.165) is 0 Å². The predicted molar refractivity (Wildman–Crippen MR) is 53.4 cm³/mol. The summed E-state index contributed by atoms with van der Waals surface area (Å²) in [5.41, 5.74) is 5.46. The summed E-state index contributed by atoms with van der Waals surface area (Å²) < 4.78 is 10.2. The molecule has 1 aliphatic heterocycles. The number of hydrogen-bond donors (Lipinski definition) is 5. The third-order valence-electron chi connectivity index (χ3n) is 2.37.